The molecular weight excluding hydrogens is 490 g/mol. The number of allylic oxidation sites excluding steroid dienone is 1. The van der Waals surface area contributed by atoms with Crippen LogP contribution in [0, 0.1) is 0 Å². The number of aromatic nitrogens is 4. The fourth-order valence-corrected chi connectivity index (χ4v) is 5.88. The van der Waals surface area contributed by atoms with Gasteiger partial charge in [0.15, 0.2) is 20.1 Å². The van der Waals surface area contributed by atoms with Crippen LogP contribution >= 0.6 is 23.1 Å². The highest BCUT2D eigenvalue weighted by atomic mass is 32.2. The molecule has 0 spiro atoms. The Morgan fingerprint density at radius 2 is 1.79 bits per heavy atom. The number of rotatable bonds is 10. The van der Waals surface area contributed by atoms with E-state index in [9.17, 15) is 13.2 Å². The Kier molecular flexibility index (Phi) is 7.56. The summed E-state index contributed by atoms with van der Waals surface area (Å²) in [6.45, 7) is 4.05. The molecule has 0 aliphatic carbocycles. The Bertz CT molecular complexity index is 1380. The standard InChI is InChI=1S/C23H21N5O3S3/c1-2-13-28-20(16-34(30,31)18-11-7-4-8-12-18)26-27-23(28)33-15-21(29)25-22-24-19(14-32-22)17-9-5-3-6-10-17/h2-12,14H,1,13,15-16H2,(H,24,25,29). The number of thiazole rings is 1. The van der Waals surface area contributed by atoms with E-state index >= 15 is 0 Å². The molecule has 4 rings (SSSR count). The highest BCUT2D eigenvalue weighted by Crippen LogP contribution is 2.25. The Morgan fingerprint density at radius 3 is 2.50 bits per heavy atom. The zero-order valence-electron chi connectivity index (χ0n) is 18.0. The van der Waals surface area contributed by atoms with Crippen molar-refractivity contribution in [3.8, 4) is 11.3 Å². The van der Waals surface area contributed by atoms with Crippen molar-refractivity contribution < 1.29 is 13.2 Å². The molecule has 34 heavy (non-hydrogen) atoms. The molecule has 0 atom stereocenters. The van der Waals surface area contributed by atoms with Crippen LogP contribution in [0.3, 0.4) is 0 Å². The summed E-state index contributed by atoms with van der Waals surface area (Å²) in [5.74, 6) is -0.183. The normalized spacial score (nSPS) is 11.3. The van der Waals surface area contributed by atoms with Gasteiger partial charge >= 0.3 is 0 Å². The summed E-state index contributed by atoms with van der Waals surface area (Å²) < 4.78 is 27.2. The maximum atomic E-state index is 12.8. The second-order valence-electron chi connectivity index (χ2n) is 7.11. The molecule has 11 heteroatoms. The fraction of sp³-hybridized carbons (Fsp3) is 0.130. The highest BCUT2D eigenvalue weighted by Gasteiger charge is 2.21. The van der Waals surface area contributed by atoms with Crippen LogP contribution in [0.2, 0.25) is 0 Å². The summed E-state index contributed by atoms with van der Waals surface area (Å²) in [6, 6.07) is 17.9. The van der Waals surface area contributed by atoms with E-state index in [1.54, 1.807) is 41.0 Å². The molecule has 174 valence electrons. The lowest BCUT2D eigenvalue weighted by molar-refractivity contribution is -0.113. The second-order valence-corrected chi connectivity index (χ2v) is 10.9. The number of thioether (sulfide) groups is 1. The van der Waals surface area contributed by atoms with Crippen LogP contribution in [0.1, 0.15) is 5.82 Å². The van der Waals surface area contributed by atoms with Gasteiger partial charge in [0.05, 0.1) is 16.3 Å². The molecule has 0 unspecified atom stereocenters. The molecule has 0 saturated carbocycles. The third-order valence-electron chi connectivity index (χ3n) is 4.68. The molecule has 0 aliphatic rings. The average molecular weight is 512 g/mol. The van der Waals surface area contributed by atoms with Gasteiger partial charge in [0.25, 0.3) is 0 Å². The van der Waals surface area contributed by atoms with Crippen molar-refractivity contribution in [2.45, 2.75) is 22.3 Å². The minimum Gasteiger partial charge on any atom is -0.301 e. The van der Waals surface area contributed by atoms with Gasteiger partial charge < -0.3 is 9.88 Å². The predicted molar refractivity (Wildman–Crippen MR) is 134 cm³/mol. The molecule has 4 aromatic rings. The molecule has 8 nitrogen and oxygen atoms in total. The number of hydrogen-bond acceptors (Lipinski definition) is 8. The molecule has 2 aromatic heterocycles. The second kappa shape index (κ2) is 10.8. The number of amides is 1. The first-order chi connectivity index (χ1) is 16.5. The average Bonchev–Trinajstić information content (AvgIpc) is 3.46. The van der Waals surface area contributed by atoms with Gasteiger partial charge in [-0.25, -0.2) is 13.4 Å². The molecule has 2 aromatic carbocycles. The fourth-order valence-electron chi connectivity index (χ4n) is 3.08. The number of carbonyl (C=O) groups excluding carboxylic acids is 1. The molecule has 0 bridgehead atoms. The van der Waals surface area contributed by atoms with E-state index in [0.29, 0.717) is 22.7 Å². The minimum absolute atomic E-state index is 0.0704. The van der Waals surface area contributed by atoms with Gasteiger partial charge in [-0.1, -0.05) is 66.4 Å². The Hall–Kier alpha value is -3.28. The van der Waals surface area contributed by atoms with Gasteiger partial charge in [-0.05, 0) is 12.1 Å². The van der Waals surface area contributed by atoms with E-state index in [4.69, 9.17) is 0 Å². The van der Waals surface area contributed by atoms with Crippen molar-refractivity contribution in [1.29, 1.82) is 0 Å². The van der Waals surface area contributed by atoms with Crippen molar-refractivity contribution >= 4 is 44.0 Å². The van der Waals surface area contributed by atoms with Crippen molar-refractivity contribution in [1.82, 2.24) is 19.7 Å². The summed E-state index contributed by atoms with van der Waals surface area (Å²) in [4.78, 5) is 17.2. The number of sulfone groups is 1. The molecule has 0 aliphatic heterocycles. The van der Waals surface area contributed by atoms with E-state index in [-0.39, 0.29) is 22.3 Å². The van der Waals surface area contributed by atoms with Gasteiger partial charge in [-0.3, -0.25) is 4.79 Å². The van der Waals surface area contributed by atoms with E-state index < -0.39 is 9.84 Å². The number of carbonyl (C=O) groups is 1. The van der Waals surface area contributed by atoms with Gasteiger partial charge in [0.2, 0.25) is 5.91 Å². The summed E-state index contributed by atoms with van der Waals surface area (Å²) >= 11 is 2.52. The van der Waals surface area contributed by atoms with Crippen molar-refractivity contribution in [3.05, 3.63) is 84.5 Å². The number of nitrogens with zero attached hydrogens (tertiary/aromatic N) is 4. The van der Waals surface area contributed by atoms with Crippen LogP contribution in [0.4, 0.5) is 5.13 Å². The molecule has 0 radical (unpaired) electrons. The third kappa shape index (κ3) is 5.79. The largest absolute Gasteiger partial charge is 0.301 e. The molecular formula is C23H21N5O3S3. The van der Waals surface area contributed by atoms with Crippen LogP contribution in [0.25, 0.3) is 11.3 Å². The molecule has 1 N–H and O–H groups in total. The first-order valence-electron chi connectivity index (χ1n) is 10.2. The lowest BCUT2D eigenvalue weighted by atomic mass is 10.2. The molecule has 2 heterocycles. The van der Waals surface area contributed by atoms with E-state index in [1.165, 1.54) is 23.1 Å². The first kappa shape index (κ1) is 23.9. The Balaban J connectivity index is 1.41. The lowest BCUT2D eigenvalue weighted by Gasteiger charge is -2.08. The van der Waals surface area contributed by atoms with Crippen molar-refractivity contribution in [2.75, 3.05) is 11.1 Å². The highest BCUT2D eigenvalue weighted by molar-refractivity contribution is 7.99. The van der Waals surface area contributed by atoms with Crippen molar-refractivity contribution in [3.63, 3.8) is 0 Å². The Morgan fingerprint density at radius 1 is 1.09 bits per heavy atom. The zero-order chi connectivity index (χ0) is 24.0. The number of benzene rings is 2. The first-order valence-corrected chi connectivity index (χ1v) is 13.7. The Labute approximate surface area is 205 Å². The van der Waals surface area contributed by atoms with Crippen LogP contribution in [-0.4, -0.2) is 39.8 Å². The monoisotopic (exact) mass is 511 g/mol. The molecule has 0 fully saturated rings. The predicted octanol–water partition coefficient (Wildman–Crippen LogP) is 4.29. The number of nitrogens with one attached hydrogen (secondary N) is 1. The number of hydrogen-bond donors (Lipinski definition) is 1. The van der Waals surface area contributed by atoms with Gasteiger partial charge in [0, 0.05) is 17.5 Å². The van der Waals surface area contributed by atoms with E-state index in [2.05, 4.69) is 27.1 Å². The van der Waals surface area contributed by atoms with Gasteiger partial charge in [-0.2, -0.15) is 0 Å². The third-order valence-corrected chi connectivity index (χ3v) is 8.03. The SMILES string of the molecule is C=CCn1c(CS(=O)(=O)c2ccccc2)nnc1SCC(=O)Nc1nc(-c2ccccc2)cs1. The smallest absolute Gasteiger partial charge is 0.236 e. The topological polar surface area (TPSA) is 107 Å². The van der Waals surface area contributed by atoms with Crippen LogP contribution in [-0.2, 0) is 26.9 Å². The van der Waals surface area contributed by atoms with Crippen LogP contribution in [0.5, 0.6) is 0 Å². The summed E-state index contributed by atoms with van der Waals surface area (Å²) in [7, 11) is -3.59. The summed E-state index contributed by atoms with van der Waals surface area (Å²) in [5, 5.41) is 13.8. The van der Waals surface area contributed by atoms with Crippen molar-refractivity contribution in [2.24, 2.45) is 0 Å². The maximum absolute atomic E-state index is 12.8. The zero-order valence-corrected chi connectivity index (χ0v) is 20.4. The van der Waals surface area contributed by atoms with Crippen LogP contribution in [0.15, 0.2) is 88.8 Å². The summed E-state index contributed by atoms with van der Waals surface area (Å²) in [5.41, 5.74) is 1.77. The molecule has 0 saturated heterocycles. The lowest BCUT2D eigenvalue weighted by Crippen LogP contribution is -2.15. The van der Waals surface area contributed by atoms with E-state index in [1.807, 2.05) is 35.7 Å². The summed E-state index contributed by atoms with van der Waals surface area (Å²) in [6.07, 6.45) is 1.63. The van der Waals surface area contributed by atoms with Crippen LogP contribution < -0.4 is 5.32 Å². The number of anilines is 1. The molecule has 1 amide bonds. The van der Waals surface area contributed by atoms with Gasteiger partial charge in [-0.15, -0.1) is 28.1 Å². The maximum Gasteiger partial charge on any atom is 0.236 e. The quantitative estimate of drug-likeness (QED) is 0.250. The van der Waals surface area contributed by atoms with E-state index in [0.717, 1.165) is 11.3 Å². The van der Waals surface area contributed by atoms with Gasteiger partial charge in [0.1, 0.15) is 11.6 Å². The minimum atomic E-state index is -3.59.